The van der Waals surface area contributed by atoms with E-state index in [0.717, 1.165) is 24.8 Å². The van der Waals surface area contributed by atoms with Gasteiger partial charge in [-0.05, 0) is 44.0 Å². The molecule has 0 heterocycles. The van der Waals surface area contributed by atoms with Crippen molar-refractivity contribution in [2.24, 2.45) is 5.73 Å². The lowest BCUT2D eigenvalue weighted by atomic mass is 10.2. The molecule has 0 bridgehead atoms. The Morgan fingerprint density at radius 1 is 1.26 bits per heavy atom. The lowest BCUT2D eigenvalue weighted by Gasteiger charge is -2.11. The Labute approximate surface area is 115 Å². The van der Waals surface area contributed by atoms with Crippen LogP contribution in [0.2, 0.25) is 0 Å². The van der Waals surface area contributed by atoms with Crippen molar-refractivity contribution >= 4 is 10.0 Å². The highest BCUT2D eigenvalue weighted by Gasteiger charge is 2.18. The minimum absolute atomic E-state index is 0.189. The Balaban J connectivity index is 2.74. The van der Waals surface area contributed by atoms with Gasteiger partial charge in [0.15, 0.2) is 0 Å². The summed E-state index contributed by atoms with van der Waals surface area (Å²) in [6.45, 7) is 2.90. The molecule has 1 aromatic rings. The Hall–Kier alpha value is -1.11. The summed E-state index contributed by atoms with van der Waals surface area (Å²) in [5.41, 5.74) is 6.27. The molecular weight excluding hydrogens is 264 g/mol. The number of nitrogens with two attached hydrogens (primary N) is 1. The van der Waals surface area contributed by atoms with Crippen LogP contribution in [0.1, 0.15) is 24.8 Å². The summed E-state index contributed by atoms with van der Waals surface area (Å²) in [6.07, 6.45) is 2.62. The molecule has 0 saturated heterocycles. The number of sulfonamides is 1. The van der Waals surface area contributed by atoms with E-state index in [1.165, 1.54) is 7.11 Å². The smallest absolute Gasteiger partial charge is 0.244 e. The second-order valence-electron chi connectivity index (χ2n) is 4.40. The van der Waals surface area contributed by atoms with Gasteiger partial charge in [0.25, 0.3) is 0 Å². The van der Waals surface area contributed by atoms with Crippen molar-refractivity contribution in [3.8, 4) is 5.75 Å². The molecule has 0 atom stereocenters. The molecule has 108 valence electrons. The fourth-order valence-corrected chi connectivity index (χ4v) is 3.05. The number of hydrogen-bond donors (Lipinski definition) is 2. The van der Waals surface area contributed by atoms with E-state index in [1.54, 1.807) is 12.1 Å². The topological polar surface area (TPSA) is 81.4 Å². The number of ether oxygens (including phenoxy) is 1. The SMILES string of the molecule is COc1ccc(C)cc1S(=O)(=O)NCCCCCN. The van der Waals surface area contributed by atoms with Gasteiger partial charge in [0, 0.05) is 6.54 Å². The lowest BCUT2D eigenvalue weighted by molar-refractivity contribution is 0.402. The zero-order chi connectivity index (χ0) is 14.3. The van der Waals surface area contributed by atoms with Crippen LogP contribution in [0.15, 0.2) is 23.1 Å². The van der Waals surface area contributed by atoms with E-state index in [-0.39, 0.29) is 4.90 Å². The van der Waals surface area contributed by atoms with Crippen LogP contribution in [-0.4, -0.2) is 28.6 Å². The lowest BCUT2D eigenvalue weighted by Crippen LogP contribution is -2.25. The van der Waals surface area contributed by atoms with E-state index in [1.807, 2.05) is 13.0 Å². The van der Waals surface area contributed by atoms with Gasteiger partial charge in [-0.15, -0.1) is 0 Å². The molecule has 0 unspecified atom stereocenters. The molecule has 1 rings (SSSR count). The number of unbranched alkanes of at least 4 members (excludes halogenated alkanes) is 2. The molecule has 0 aromatic heterocycles. The Morgan fingerprint density at radius 2 is 2.00 bits per heavy atom. The molecule has 5 nitrogen and oxygen atoms in total. The molecule has 0 saturated carbocycles. The molecular formula is C13H22N2O3S. The predicted molar refractivity (Wildman–Crippen MR) is 75.8 cm³/mol. The van der Waals surface area contributed by atoms with E-state index in [4.69, 9.17) is 10.5 Å². The number of aryl methyl sites for hydroxylation is 1. The van der Waals surface area contributed by atoms with Crippen molar-refractivity contribution in [3.63, 3.8) is 0 Å². The molecule has 3 N–H and O–H groups in total. The maximum atomic E-state index is 12.2. The van der Waals surface area contributed by atoms with Crippen LogP contribution >= 0.6 is 0 Å². The summed E-state index contributed by atoms with van der Waals surface area (Å²) >= 11 is 0. The van der Waals surface area contributed by atoms with Crippen LogP contribution in [0.3, 0.4) is 0 Å². The van der Waals surface area contributed by atoms with E-state index >= 15 is 0 Å². The van der Waals surface area contributed by atoms with Gasteiger partial charge in [-0.2, -0.15) is 0 Å². The molecule has 0 spiro atoms. The number of benzene rings is 1. The molecule has 0 aliphatic heterocycles. The summed E-state index contributed by atoms with van der Waals surface area (Å²) in [4.78, 5) is 0.189. The van der Waals surface area contributed by atoms with Crippen molar-refractivity contribution in [2.45, 2.75) is 31.1 Å². The van der Waals surface area contributed by atoms with Crippen LogP contribution in [0.25, 0.3) is 0 Å². The van der Waals surface area contributed by atoms with E-state index in [0.29, 0.717) is 18.8 Å². The fourth-order valence-electron chi connectivity index (χ4n) is 1.72. The largest absolute Gasteiger partial charge is 0.495 e. The molecule has 6 heteroatoms. The molecule has 0 radical (unpaired) electrons. The summed E-state index contributed by atoms with van der Waals surface area (Å²) in [7, 11) is -2.06. The average Bonchev–Trinajstić information content (AvgIpc) is 2.38. The van der Waals surface area contributed by atoms with E-state index in [2.05, 4.69) is 4.72 Å². The number of rotatable bonds is 8. The second-order valence-corrected chi connectivity index (χ2v) is 6.14. The minimum Gasteiger partial charge on any atom is -0.495 e. The van der Waals surface area contributed by atoms with Crippen LogP contribution < -0.4 is 15.2 Å². The normalized spacial score (nSPS) is 11.5. The Bertz CT molecular complexity index is 501. The first kappa shape index (κ1) is 15.9. The van der Waals surface area contributed by atoms with Crippen LogP contribution in [0, 0.1) is 6.92 Å². The third kappa shape index (κ3) is 4.81. The second kappa shape index (κ2) is 7.47. The molecule has 0 amide bonds. The van der Waals surface area contributed by atoms with Crippen LogP contribution in [0.5, 0.6) is 5.75 Å². The number of nitrogens with one attached hydrogen (secondary N) is 1. The standard InChI is InChI=1S/C13H22N2O3S/c1-11-6-7-12(18-2)13(10-11)19(16,17)15-9-5-3-4-8-14/h6-7,10,15H,3-5,8-9,14H2,1-2H3. The van der Waals surface area contributed by atoms with Crippen molar-refractivity contribution in [2.75, 3.05) is 20.2 Å². The monoisotopic (exact) mass is 286 g/mol. The van der Waals surface area contributed by atoms with Crippen molar-refractivity contribution in [1.29, 1.82) is 0 Å². The Morgan fingerprint density at radius 3 is 2.63 bits per heavy atom. The van der Waals surface area contributed by atoms with Gasteiger partial charge in [0.2, 0.25) is 10.0 Å². The van der Waals surface area contributed by atoms with E-state index < -0.39 is 10.0 Å². The molecule has 0 fully saturated rings. The number of methoxy groups -OCH3 is 1. The summed E-state index contributed by atoms with van der Waals surface area (Å²) in [6, 6.07) is 5.10. The van der Waals surface area contributed by atoms with Crippen molar-refractivity contribution in [3.05, 3.63) is 23.8 Å². The first-order valence-electron chi connectivity index (χ1n) is 6.35. The van der Waals surface area contributed by atoms with Gasteiger partial charge in [-0.3, -0.25) is 0 Å². The van der Waals surface area contributed by atoms with Gasteiger partial charge in [-0.1, -0.05) is 12.5 Å². The third-order valence-corrected chi connectivity index (χ3v) is 4.26. The third-order valence-electron chi connectivity index (χ3n) is 2.78. The van der Waals surface area contributed by atoms with Gasteiger partial charge >= 0.3 is 0 Å². The van der Waals surface area contributed by atoms with E-state index in [9.17, 15) is 8.42 Å². The summed E-state index contributed by atoms with van der Waals surface area (Å²) in [5.74, 6) is 0.361. The predicted octanol–water partition coefficient (Wildman–Crippen LogP) is 1.41. The highest BCUT2D eigenvalue weighted by atomic mass is 32.2. The maximum Gasteiger partial charge on any atom is 0.244 e. The average molecular weight is 286 g/mol. The highest BCUT2D eigenvalue weighted by Crippen LogP contribution is 2.24. The first-order valence-corrected chi connectivity index (χ1v) is 7.84. The summed E-state index contributed by atoms with van der Waals surface area (Å²) in [5, 5.41) is 0. The molecule has 0 aliphatic rings. The quantitative estimate of drug-likeness (QED) is 0.708. The molecule has 1 aromatic carbocycles. The zero-order valence-electron chi connectivity index (χ0n) is 11.5. The fraction of sp³-hybridized carbons (Fsp3) is 0.538. The highest BCUT2D eigenvalue weighted by molar-refractivity contribution is 7.89. The summed E-state index contributed by atoms with van der Waals surface area (Å²) < 4.78 is 32.0. The van der Waals surface area contributed by atoms with Crippen LogP contribution in [0.4, 0.5) is 0 Å². The van der Waals surface area contributed by atoms with Gasteiger partial charge in [0.05, 0.1) is 7.11 Å². The zero-order valence-corrected chi connectivity index (χ0v) is 12.3. The minimum atomic E-state index is -3.52. The van der Waals surface area contributed by atoms with Crippen molar-refractivity contribution < 1.29 is 13.2 Å². The Kier molecular flexibility index (Phi) is 6.27. The maximum absolute atomic E-state index is 12.2. The first-order chi connectivity index (χ1) is 9.01. The molecule has 19 heavy (non-hydrogen) atoms. The van der Waals surface area contributed by atoms with Crippen molar-refractivity contribution in [1.82, 2.24) is 4.72 Å². The van der Waals surface area contributed by atoms with Gasteiger partial charge < -0.3 is 10.5 Å². The number of hydrogen-bond acceptors (Lipinski definition) is 4. The van der Waals surface area contributed by atoms with Gasteiger partial charge in [-0.25, -0.2) is 13.1 Å². The van der Waals surface area contributed by atoms with Gasteiger partial charge in [0.1, 0.15) is 10.6 Å². The molecule has 0 aliphatic carbocycles. The van der Waals surface area contributed by atoms with Crippen LogP contribution in [-0.2, 0) is 10.0 Å².